The second-order valence-corrected chi connectivity index (χ2v) is 9.01. The molecule has 1 aromatic heterocycles. The monoisotopic (exact) mass is 436 g/mol. The number of nitrogens with one attached hydrogen (secondary N) is 1. The number of amides is 2. The molecule has 2 amide bonds. The molecule has 0 spiro atoms. The van der Waals surface area contributed by atoms with E-state index < -0.39 is 0 Å². The van der Waals surface area contributed by atoms with Crippen molar-refractivity contribution >= 4 is 11.8 Å². The summed E-state index contributed by atoms with van der Waals surface area (Å²) in [5.41, 5.74) is 4.86. The highest BCUT2D eigenvalue weighted by atomic mass is 16.2. The van der Waals surface area contributed by atoms with Crippen molar-refractivity contribution in [3.8, 4) is 0 Å². The zero-order valence-corrected chi connectivity index (χ0v) is 20.1. The minimum absolute atomic E-state index is 0.00827. The minimum atomic E-state index is -0.164. The Morgan fingerprint density at radius 1 is 1.12 bits per heavy atom. The molecule has 0 saturated carbocycles. The number of aryl methyl sites for hydroxylation is 3. The number of hydrogen-bond acceptors (Lipinski definition) is 4. The van der Waals surface area contributed by atoms with E-state index in [1.807, 2.05) is 44.7 Å². The lowest BCUT2D eigenvalue weighted by Gasteiger charge is -2.34. The summed E-state index contributed by atoms with van der Waals surface area (Å²) in [5, 5.41) is 2.92. The molecule has 1 aromatic carbocycles. The van der Waals surface area contributed by atoms with Gasteiger partial charge in [0.25, 0.3) is 0 Å². The molecule has 32 heavy (non-hydrogen) atoms. The summed E-state index contributed by atoms with van der Waals surface area (Å²) in [6.07, 6.45) is 3.14. The average molecular weight is 437 g/mol. The van der Waals surface area contributed by atoms with E-state index in [1.54, 1.807) is 0 Å². The van der Waals surface area contributed by atoms with Gasteiger partial charge in [0.1, 0.15) is 5.82 Å². The first-order valence-electron chi connectivity index (χ1n) is 11.8. The molecule has 0 aliphatic carbocycles. The Bertz CT molecular complexity index is 932. The highest BCUT2D eigenvalue weighted by Crippen LogP contribution is 2.28. The smallest absolute Gasteiger partial charge is 0.229 e. The van der Waals surface area contributed by atoms with Crippen molar-refractivity contribution in [1.82, 2.24) is 20.2 Å². The maximum absolute atomic E-state index is 13.2. The zero-order valence-electron chi connectivity index (χ0n) is 20.1. The number of rotatable bonds is 7. The molecule has 2 unspecified atom stereocenters. The van der Waals surface area contributed by atoms with Gasteiger partial charge in [-0.05, 0) is 52.5 Å². The first-order chi connectivity index (χ1) is 15.3. The normalized spacial score (nSPS) is 17.2. The number of likely N-dealkylation sites (tertiary alicyclic amines) is 1. The van der Waals surface area contributed by atoms with Gasteiger partial charge in [-0.2, -0.15) is 0 Å². The number of aromatic nitrogens is 2. The van der Waals surface area contributed by atoms with E-state index in [1.165, 1.54) is 5.56 Å². The Balaban J connectivity index is 1.71. The Morgan fingerprint density at radius 3 is 2.41 bits per heavy atom. The molecule has 1 fully saturated rings. The molecule has 3 rings (SSSR count). The van der Waals surface area contributed by atoms with Crippen molar-refractivity contribution in [2.24, 2.45) is 0 Å². The minimum Gasteiger partial charge on any atom is -0.356 e. The molecule has 1 aliphatic heterocycles. The third-order valence-electron chi connectivity index (χ3n) is 6.39. The summed E-state index contributed by atoms with van der Waals surface area (Å²) in [6.45, 7) is 12.1. The van der Waals surface area contributed by atoms with Gasteiger partial charge in [0.05, 0.1) is 12.3 Å². The van der Waals surface area contributed by atoms with Crippen LogP contribution < -0.4 is 5.32 Å². The quantitative estimate of drug-likeness (QED) is 0.712. The van der Waals surface area contributed by atoms with Crippen molar-refractivity contribution < 1.29 is 9.59 Å². The van der Waals surface area contributed by atoms with Crippen LogP contribution in [0.25, 0.3) is 0 Å². The van der Waals surface area contributed by atoms with Crippen LogP contribution in [0.2, 0.25) is 0 Å². The summed E-state index contributed by atoms with van der Waals surface area (Å²) in [5.74, 6) is 0.921. The fraction of sp³-hybridized carbons (Fsp3) is 0.538. The van der Waals surface area contributed by atoms with Crippen LogP contribution in [0, 0.1) is 20.8 Å². The molecule has 6 nitrogen and oxygen atoms in total. The third kappa shape index (κ3) is 5.72. The van der Waals surface area contributed by atoms with Crippen LogP contribution in [0.3, 0.4) is 0 Å². The predicted octanol–water partition coefficient (Wildman–Crippen LogP) is 3.98. The van der Waals surface area contributed by atoms with E-state index in [2.05, 4.69) is 24.4 Å². The van der Waals surface area contributed by atoms with Gasteiger partial charge in [-0.25, -0.2) is 9.97 Å². The molecular weight excluding hydrogens is 400 g/mol. The lowest BCUT2D eigenvalue weighted by molar-refractivity contribution is -0.133. The van der Waals surface area contributed by atoms with Crippen LogP contribution in [-0.4, -0.2) is 46.3 Å². The summed E-state index contributed by atoms with van der Waals surface area (Å²) in [6, 6.07) is 8.21. The first-order valence-corrected chi connectivity index (χ1v) is 11.8. The largest absolute Gasteiger partial charge is 0.356 e. The van der Waals surface area contributed by atoms with Gasteiger partial charge in [0.2, 0.25) is 11.8 Å². The van der Waals surface area contributed by atoms with E-state index in [0.717, 1.165) is 54.1 Å². The number of carbonyl (C=O) groups excluding carboxylic acids is 2. The van der Waals surface area contributed by atoms with Crippen LogP contribution in [0.5, 0.6) is 0 Å². The van der Waals surface area contributed by atoms with Gasteiger partial charge >= 0.3 is 0 Å². The number of carbonyl (C=O) groups is 2. The van der Waals surface area contributed by atoms with Gasteiger partial charge < -0.3 is 10.2 Å². The summed E-state index contributed by atoms with van der Waals surface area (Å²) >= 11 is 0. The van der Waals surface area contributed by atoms with Crippen molar-refractivity contribution in [3.05, 3.63) is 58.2 Å². The maximum Gasteiger partial charge on any atom is 0.229 e. The van der Waals surface area contributed by atoms with Crippen molar-refractivity contribution in [2.45, 2.75) is 72.1 Å². The Labute approximate surface area is 191 Å². The molecular formula is C26H36N4O2. The standard InChI is InChI=1S/C26H36N4O2/c1-6-13-27-24(31)15-23-19(4)28-25(29-20(23)5)22-8-7-14-30(16-22)26(32)18(3)21-11-9-17(2)10-12-21/h9-12,18,22H,6-8,13-16H2,1-5H3,(H,27,31). The van der Waals surface area contributed by atoms with E-state index in [9.17, 15) is 9.59 Å². The lowest BCUT2D eigenvalue weighted by atomic mass is 9.93. The van der Waals surface area contributed by atoms with Crippen molar-refractivity contribution in [1.29, 1.82) is 0 Å². The number of piperidine rings is 1. The van der Waals surface area contributed by atoms with E-state index in [4.69, 9.17) is 9.97 Å². The SMILES string of the molecule is CCCNC(=O)Cc1c(C)nc(C2CCCN(C(=O)C(C)c3ccc(C)cc3)C2)nc1C. The fourth-order valence-corrected chi connectivity index (χ4v) is 4.35. The number of nitrogens with zero attached hydrogens (tertiary/aromatic N) is 3. The Hall–Kier alpha value is -2.76. The molecule has 1 N–H and O–H groups in total. The first kappa shape index (κ1) is 23.9. The number of benzene rings is 1. The van der Waals surface area contributed by atoms with Crippen LogP contribution in [0.4, 0.5) is 0 Å². The van der Waals surface area contributed by atoms with E-state index in [0.29, 0.717) is 19.5 Å². The van der Waals surface area contributed by atoms with Gasteiger partial charge in [0.15, 0.2) is 0 Å². The molecule has 1 aliphatic rings. The predicted molar refractivity (Wildman–Crippen MR) is 127 cm³/mol. The lowest BCUT2D eigenvalue weighted by Crippen LogP contribution is -2.41. The second kappa shape index (κ2) is 10.7. The Morgan fingerprint density at radius 2 is 1.78 bits per heavy atom. The highest BCUT2D eigenvalue weighted by molar-refractivity contribution is 5.83. The topological polar surface area (TPSA) is 75.2 Å². The molecule has 2 atom stereocenters. The summed E-state index contributed by atoms with van der Waals surface area (Å²) in [4.78, 5) is 36.9. The van der Waals surface area contributed by atoms with Crippen molar-refractivity contribution in [2.75, 3.05) is 19.6 Å². The van der Waals surface area contributed by atoms with Gasteiger partial charge in [0, 0.05) is 42.5 Å². The third-order valence-corrected chi connectivity index (χ3v) is 6.39. The summed E-state index contributed by atoms with van der Waals surface area (Å²) < 4.78 is 0. The molecule has 6 heteroatoms. The van der Waals surface area contributed by atoms with Gasteiger partial charge in [-0.1, -0.05) is 36.8 Å². The summed E-state index contributed by atoms with van der Waals surface area (Å²) in [7, 11) is 0. The van der Waals surface area contributed by atoms with Crippen molar-refractivity contribution in [3.63, 3.8) is 0 Å². The highest BCUT2D eigenvalue weighted by Gasteiger charge is 2.30. The average Bonchev–Trinajstić information content (AvgIpc) is 2.79. The Kier molecular flexibility index (Phi) is 7.99. The molecule has 172 valence electrons. The second-order valence-electron chi connectivity index (χ2n) is 9.01. The van der Waals surface area contributed by atoms with Crippen LogP contribution >= 0.6 is 0 Å². The molecule has 0 bridgehead atoms. The van der Waals surface area contributed by atoms with E-state index in [-0.39, 0.29) is 23.7 Å². The molecule has 2 aromatic rings. The van der Waals surface area contributed by atoms with E-state index >= 15 is 0 Å². The fourth-order valence-electron chi connectivity index (χ4n) is 4.35. The number of hydrogen-bond donors (Lipinski definition) is 1. The molecule has 0 radical (unpaired) electrons. The molecule has 1 saturated heterocycles. The van der Waals surface area contributed by atoms with Gasteiger partial charge in [-0.3, -0.25) is 9.59 Å². The van der Waals surface area contributed by atoms with Crippen LogP contribution in [0.1, 0.15) is 78.8 Å². The van der Waals surface area contributed by atoms with Crippen LogP contribution in [0.15, 0.2) is 24.3 Å². The molecule has 2 heterocycles. The van der Waals surface area contributed by atoms with Gasteiger partial charge in [-0.15, -0.1) is 0 Å². The zero-order chi connectivity index (χ0) is 23.3. The maximum atomic E-state index is 13.2. The van der Waals surface area contributed by atoms with Crippen LogP contribution in [-0.2, 0) is 16.0 Å².